The van der Waals surface area contributed by atoms with E-state index in [9.17, 15) is 61.3 Å². The molecule has 0 aromatic rings. The predicted octanol–water partition coefficient (Wildman–Crippen LogP) is -2.35. The lowest BCUT2D eigenvalue weighted by Crippen LogP contribution is -2.67. The molecule has 0 aromatic heterocycles. The lowest BCUT2D eigenvalue weighted by Gasteiger charge is -2.58. The standard InChI is InChI=1S/C50H80O22/c1-20-7-12-50(64-18-20)21(2)32-28(72-50)14-26-24-6-5-22-13-23(8-10-48(22,3)25(24)9-11-49(26,32)4)65-44-39(61)37(59)41(31(17-53)68-44)69-46-40(62)42(35(57)30(16-52)67-46)70-47-43(33(55)27(54)19-63-47)71-45-38(60)36(58)34(56)29(15-51)66-45/h5,20-21,23-47,51-62H,6-19H2,1-4H3. The van der Waals surface area contributed by atoms with E-state index in [1.807, 2.05) is 0 Å². The number of aliphatic hydroxyl groups excluding tert-OH is 12. The first-order valence-electron chi connectivity index (χ1n) is 26.4. The van der Waals surface area contributed by atoms with Crippen molar-refractivity contribution in [1.29, 1.82) is 0 Å². The summed E-state index contributed by atoms with van der Waals surface area (Å²) < 4.78 is 60.4. The zero-order chi connectivity index (χ0) is 51.3. The van der Waals surface area contributed by atoms with E-state index in [0.717, 1.165) is 51.6 Å². The Hall–Kier alpha value is -1.14. The maximum Gasteiger partial charge on any atom is 0.187 e. The first-order chi connectivity index (χ1) is 34.3. The highest BCUT2D eigenvalue weighted by molar-refractivity contribution is 5.26. The molecule has 6 heterocycles. The van der Waals surface area contributed by atoms with Gasteiger partial charge in [-0.15, -0.1) is 0 Å². The fourth-order valence-corrected chi connectivity index (χ4v) is 15.3. The van der Waals surface area contributed by atoms with Gasteiger partial charge in [0.15, 0.2) is 30.9 Å². The topological polar surface area (TPSA) is 335 Å². The van der Waals surface area contributed by atoms with E-state index in [1.165, 1.54) is 5.57 Å². The average Bonchev–Trinajstić information content (AvgIpc) is 3.82. The molecule has 22 heteroatoms. The molecule has 0 aromatic carbocycles. The van der Waals surface area contributed by atoms with Gasteiger partial charge in [0.2, 0.25) is 0 Å². The van der Waals surface area contributed by atoms with Crippen molar-refractivity contribution in [2.24, 2.45) is 46.3 Å². The van der Waals surface area contributed by atoms with Crippen molar-refractivity contribution in [2.75, 3.05) is 33.0 Å². The Morgan fingerprint density at radius 3 is 1.93 bits per heavy atom. The van der Waals surface area contributed by atoms with Gasteiger partial charge in [0.1, 0.15) is 91.6 Å². The third-order valence-corrected chi connectivity index (χ3v) is 19.4. The highest BCUT2D eigenvalue weighted by Gasteiger charge is 2.69. The molecule has 6 aliphatic heterocycles. The van der Waals surface area contributed by atoms with Crippen LogP contribution in [0.15, 0.2) is 11.6 Å². The molecular weight excluding hydrogens is 953 g/mol. The van der Waals surface area contributed by atoms with Crippen molar-refractivity contribution >= 4 is 0 Å². The Bertz CT molecular complexity index is 1890. The van der Waals surface area contributed by atoms with Crippen LogP contribution in [0.1, 0.15) is 85.5 Å². The van der Waals surface area contributed by atoms with Gasteiger partial charge in [-0.05, 0) is 91.8 Å². The molecule has 22 nitrogen and oxygen atoms in total. The van der Waals surface area contributed by atoms with E-state index < -0.39 is 149 Å². The van der Waals surface area contributed by atoms with Crippen molar-refractivity contribution in [3.8, 4) is 0 Å². The molecule has 72 heavy (non-hydrogen) atoms. The van der Waals surface area contributed by atoms with Crippen LogP contribution < -0.4 is 0 Å². The van der Waals surface area contributed by atoms with Crippen LogP contribution in [-0.4, -0.2) is 229 Å². The van der Waals surface area contributed by atoms with E-state index in [1.54, 1.807) is 0 Å². The van der Waals surface area contributed by atoms with Crippen molar-refractivity contribution in [1.82, 2.24) is 0 Å². The molecule has 30 unspecified atom stereocenters. The minimum atomic E-state index is -1.98. The van der Waals surface area contributed by atoms with Gasteiger partial charge in [-0.1, -0.05) is 39.3 Å². The van der Waals surface area contributed by atoms with Gasteiger partial charge in [-0.2, -0.15) is 0 Å². The molecule has 0 bridgehead atoms. The lowest BCUT2D eigenvalue weighted by atomic mass is 9.47. The molecule has 10 rings (SSSR count). The van der Waals surface area contributed by atoms with E-state index in [2.05, 4.69) is 33.8 Å². The largest absolute Gasteiger partial charge is 0.394 e. The van der Waals surface area contributed by atoms with Crippen LogP contribution in [0.3, 0.4) is 0 Å². The summed E-state index contributed by atoms with van der Waals surface area (Å²) in [6.07, 6.45) is -21.5. The van der Waals surface area contributed by atoms with Gasteiger partial charge in [0, 0.05) is 12.3 Å². The van der Waals surface area contributed by atoms with E-state index in [4.69, 9.17) is 47.4 Å². The van der Waals surface area contributed by atoms with Crippen molar-refractivity contribution in [2.45, 2.75) is 220 Å². The molecule has 6 saturated heterocycles. The minimum Gasteiger partial charge on any atom is -0.394 e. The number of aliphatic hydroxyl groups is 12. The number of allylic oxidation sites excluding steroid dienone is 1. The summed E-state index contributed by atoms with van der Waals surface area (Å²) in [5.41, 5.74) is 1.49. The van der Waals surface area contributed by atoms with E-state index >= 15 is 0 Å². The van der Waals surface area contributed by atoms with Crippen LogP contribution in [0.25, 0.3) is 0 Å². The molecule has 0 radical (unpaired) electrons. The maximum atomic E-state index is 11.6. The molecule has 0 amide bonds. The molecule has 9 fully saturated rings. The van der Waals surface area contributed by atoms with Crippen LogP contribution in [0, 0.1) is 46.3 Å². The van der Waals surface area contributed by atoms with Crippen LogP contribution in [-0.2, 0) is 47.4 Å². The Morgan fingerprint density at radius 2 is 1.24 bits per heavy atom. The number of fused-ring (bicyclic) bond motifs is 7. The summed E-state index contributed by atoms with van der Waals surface area (Å²) in [6, 6.07) is 0. The van der Waals surface area contributed by atoms with Crippen molar-refractivity contribution < 1.29 is 109 Å². The van der Waals surface area contributed by atoms with Crippen LogP contribution in [0.5, 0.6) is 0 Å². The molecule has 412 valence electrons. The Kier molecular flexibility index (Phi) is 15.7. The monoisotopic (exact) mass is 1030 g/mol. The average molecular weight is 1030 g/mol. The zero-order valence-corrected chi connectivity index (χ0v) is 41.5. The Labute approximate surface area is 419 Å². The molecule has 12 N–H and O–H groups in total. The SMILES string of the molecule is CC1CCC2(OC1)OC1CC3C4CC=C5CC(OC6OC(CO)C(OC7OC(CO)C(O)C(OC8OCC(O)C(O)C8OC8OC(CO)C(O)C(O)C8O)C7O)C(O)C6O)CCC5(C)C4CCC3(C)C1C2C. The highest BCUT2D eigenvalue weighted by atomic mass is 16.8. The lowest BCUT2D eigenvalue weighted by molar-refractivity contribution is -0.389. The maximum absolute atomic E-state index is 11.6. The fourth-order valence-electron chi connectivity index (χ4n) is 15.3. The first kappa shape index (κ1) is 54.2. The van der Waals surface area contributed by atoms with E-state index in [-0.39, 0.29) is 23.0 Å². The molecule has 3 saturated carbocycles. The third kappa shape index (κ3) is 9.18. The number of hydrogen-bond donors (Lipinski definition) is 12. The van der Waals surface area contributed by atoms with Gasteiger partial charge in [0.05, 0.1) is 45.2 Å². The van der Waals surface area contributed by atoms with Crippen LogP contribution >= 0.6 is 0 Å². The molecule has 1 spiro atoms. The third-order valence-electron chi connectivity index (χ3n) is 19.4. The van der Waals surface area contributed by atoms with Gasteiger partial charge in [-0.3, -0.25) is 0 Å². The zero-order valence-electron chi connectivity index (χ0n) is 41.5. The second-order valence-electron chi connectivity index (χ2n) is 23.5. The van der Waals surface area contributed by atoms with Gasteiger partial charge < -0.3 is 109 Å². The number of hydrogen-bond acceptors (Lipinski definition) is 22. The predicted molar refractivity (Wildman–Crippen MR) is 242 cm³/mol. The van der Waals surface area contributed by atoms with Gasteiger partial charge in [-0.25, -0.2) is 0 Å². The summed E-state index contributed by atoms with van der Waals surface area (Å²) in [6.45, 7) is 7.39. The molecular formula is C50H80O22. The van der Waals surface area contributed by atoms with E-state index in [0.29, 0.717) is 48.3 Å². The highest BCUT2D eigenvalue weighted by Crippen LogP contribution is 2.70. The summed E-state index contributed by atoms with van der Waals surface area (Å²) in [5.74, 6) is 2.54. The number of ether oxygens (including phenoxy) is 10. The van der Waals surface area contributed by atoms with Crippen LogP contribution in [0.2, 0.25) is 0 Å². The fraction of sp³-hybridized carbons (Fsp3) is 0.960. The molecule has 4 aliphatic carbocycles. The Balaban J connectivity index is 0.774. The summed E-state index contributed by atoms with van der Waals surface area (Å²) in [7, 11) is 0. The van der Waals surface area contributed by atoms with Crippen LogP contribution in [0.4, 0.5) is 0 Å². The summed E-state index contributed by atoms with van der Waals surface area (Å²) >= 11 is 0. The Morgan fingerprint density at radius 1 is 0.597 bits per heavy atom. The van der Waals surface area contributed by atoms with Gasteiger partial charge in [0.25, 0.3) is 0 Å². The molecule has 30 atom stereocenters. The molecule has 10 aliphatic rings. The van der Waals surface area contributed by atoms with Crippen molar-refractivity contribution in [3.05, 3.63) is 11.6 Å². The minimum absolute atomic E-state index is 0.0267. The normalized spacial score (nSPS) is 56.7. The first-order valence-corrected chi connectivity index (χ1v) is 26.4. The summed E-state index contributed by atoms with van der Waals surface area (Å²) in [5, 5.41) is 129. The second kappa shape index (κ2) is 20.9. The quantitative estimate of drug-likeness (QED) is 0.0964. The second-order valence-corrected chi connectivity index (χ2v) is 23.5. The number of rotatable bonds is 11. The smallest absolute Gasteiger partial charge is 0.187 e. The van der Waals surface area contributed by atoms with Gasteiger partial charge >= 0.3 is 0 Å². The van der Waals surface area contributed by atoms with Crippen molar-refractivity contribution in [3.63, 3.8) is 0 Å². The summed E-state index contributed by atoms with van der Waals surface area (Å²) in [4.78, 5) is 0.